The van der Waals surface area contributed by atoms with Gasteiger partial charge in [-0.1, -0.05) is 43.2 Å². The molecule has 2 aliphatic rings. The van der Waals surface area contributed by atoms with Crippen molar-refractivity contribution in [3.05, 3.63) is 35.9 Å². The van der Waals surface area contributed by atoms with Crippen LogP contribution in [0, 0.1) is 0 Å². The maximum atomic E-state index is 13.1. The van der Waals surface area contributed by atoms with Gasteiger partial charge < -0.3 is 15.0 Å². The first-order valence-corrected chi connectivity index (χ1v) is 8.94. The molecule has 2 fully saturated rings. The Morgan fingerprint density at radius 1 is 1.17 bits per heavy atom. The fourth-order valence-electron chi connectivity index (χ4n) is 3.70. The molecule has 1 saturated carbocycles. The minimum atomic E-state index is -0.449. The van der Waals surface area contributed by atoms with Crippen LogP contribution in [0.5, 0.6) is 0 Å². The molecule has 0 aromatic heterocycles. The molecule has 1 aliphatic carbocycles. The zero-order chi connectivity index (χ0) is 16.1. The van der Waals surface area contributed by atoms with Crippen molar-refractivity contribution < 1.29 is 9.53 Å². The van der Waals surface area contributed by atoms with E-state index in [9.17, 15) is 4.79 Å². The number of hydrogen-bond acceptors (Lipinski definition) is 3. The molecule has 1 heterocycles. The van der Waals surface area contributed by atoms with Gasteiger partial charge in [-0.25, -0.2) is 0 Å². The lowest BCUT2D eigenvalue weighted by molar-refractivity contribution is -0.149. The van der Waals surface area contributed by atoms with E-state index in [0.29, 0.717) is 6.04 Å². The van der Waals surface area contributed by atoms with Crippen molar-refractivity contribution in [2.45, 2.75) is 56.8 Å². The van der Waals surface area contributed by atoms with Crippen molar-refractivity contribution in [2.24, 2.45) is 0 Å². The van der Waals surface area contributed by atoms with Gasteiger partial charge in [0.2, 0.25) is 0 Å². The first-order valence-electron chi connectivity index (χ1n) is 8.94. The van der Waals surface area contributed by atoms with Crippen molar-refractivity contribution in [2.75, 3.05) is 20.1 Å². The largest absolute Gasteiger partial charge is 0.360 e. The molecular weight excluding hydrogens is 288 g/mol. The van der Waals surface area contributed by atoms with E-state index in [4.69, 9.17) is 4.74 Å². The van der Waals surface area contributed by atoms with E-state index in [2.05, 4.69) is 5.32 Å². The number of likely N-dealkylation sites (tertiary alicyclic amines) is 1. The topological polar surface area (TPSA) is 41.6 Å². The highest BCUT2D eigenvalue weighted by Crippen LogP contribution is 2.29. The van der Waals surface area contributed by atoms with Gasteiger partial charge >= 0.3 is 0 Å². The van der Waals surface area contributed by atoms with Crippen molar-refractivity contribution in [3.8, 4) is 0 Å². The second-order valence-electron chi connectivity index (χ2n) is 6.75. The third kappa shape index (κ3) is 4.12. The van der Waals surface area contributed by atoms with Crippen molar-refractivity contribution in [1.29, 1.82) is 0 Å². The summed E-state index contributed by atoms with van der Waals surface area (Å²) in [5.41, 5.74) is 0.982. The van der Waals surface area contributed by atoms with Gasteiger partial charge in [0, 0.05) is 19.1 Å². The lowest BCUT2D eigenvalue weighted by Crippen LogP contribution is -2.49. The summed E-state index contributed by atoms with van der Waals surface area (Å²) in [6.07, 6.45) is 6.56. The normalized spacial score (nSPS) is 23.9. The molecule has 1 aromatic carbocycles. The van der Waals surface area contributed by atoms with E-state index < -0.39 is 6.10 Å². The second kappa shape index (κ2) is 7.93. The van der Waals surface area contributed by atoms with E-state index in [-0.39, 0.29) is 12.0 Å². The Labute approximate surface area is 139 Å². The van der Waals surface area contributed by atoms with Crippen molar-refractivity contribution in [3.63, 3.8) is 0 Å². The number of amides is 1. The second-order valence-corrected chi connectivity index (χ2v) is 6.75. The summed E-state index contributed by atoms with van der Waals surface area (Å²) in [4.78, 5) is 15.1. The number of carbonyl (C=O) groups is 1. The van der Waals surface area contributed by atoms with E-state index in [1.807, 2.05) is 42.3 Å². The van der Waals surface area contributed by atoms with Crippen LogP contribution in [0.25, 0.3) is 0 Å². The smallest absolute Gasteiger partial charge is 0.256 e. The van der Waals surface area contributed by atoms with E-state index in [1.165, 1.54) is 12.8 Å². The predicted molar refractivity (Wildman–Crippen MR) is 91.2 cm³/mol. The average molecular weight is 316 g/mol. The summed E-state index contributed by atoms with van der Waals surface area (Å²) >= 11 is 0. The van der Waals surface area contributed by atoms with Crippen LogP contribution < -0.4 is 5.32 Å². The Balaban J connectivity index is 1.75. The minimum absolute atomic E-state index is 0.128. The van der Waals surface area contributed by atoms with Crippen LogP contribution in [0.3, 0.4) is 0 Å². The number of likely N-dealkylation sites (N-methyl/N-ethyl adjacent to an activating group) is 1. The molecule has 2 atom stereocenters. The molecule has 1 saturated heterocycles. The lowest BCUT2D eigenvalue weighted by Gasteiger charge is -2.35. The number of benzene rings is 1. The summed E-state index contributed by atoms with van der Waals surface area (Å²) in [5, 5.41) is 3.31. The maximum absolute atomic E-state index is 13.1. The first-order chi connectivity index (χ1) is 11.3. The molecule has 1 aromatic rings. The van der Waals surface area contributed by atoms with E-state index >= 15 is 0 Å². The Morgan fingerprint density at radius 2 is 1.91 bits per heavy atom. The number of nitrogens with zero attached hydrogens (tertiary/aromatic N) is 1. The fraction of sp³-hybridized carbons (Fsp3) is 0.632. The number of ether oxygens (including phenoxy) is 1. The zero-order valence-corrected chi connectivity index (χ0v) is 14.0. The van der Waals surface area contributed by atoms with Crippen LogP contribution in [-0.2, 0) is 9.53 Å². The summed E-state index contributed by atoms with van der Waals surface area (Å²) in [6.45, 7) is 1.63. The van der Waals surface area contributed by atoms with Gasteiger partial charge in [0.1, 0.15) is 0 Å². The molecule has 0 spiro atoms. The highest BCUT2D eigenvalue weighted by molar-refractivity contribution is 5.82. The van der Waals surface area contributed by atoms with Gasteiger partial charge in [0.15, 0.2) is 6.10 Å². The molecule has 4 heteroatoms. The molecule has 23 heavy (non-hydrogen) atoms. The fourth-order valence-corrected chi connectivity index (χ4v) is 3.70. The van der Waals surface area contributed by atoms with Gasteiger partial charge in [-0.2, -0.15) is 0 Å². The molecule has 4 nitrogen and oxygen atoms in total. The van der Waals surface area contributed by atoms with Crippen LogP contribution in [0.2, 0.25) is 0 Å². The quantitative estimate of drug-likeness (QED) is 0.908. The van der Waals surface area contributed by atoms with Crippen LogP contribution in [0.15, 0.2) is 30.3 Å². The van der Waals surface area contributed by atoms with Crippen LogP contribution in [0.4, 0.5) is 0 Å². The Hall–Kier alpha value is -1.39. The zero-order valence-electron chi connectivity index (χ0n) is 14.0. The molecule has 1 aliphatic heterocycles. The highest BCUT2D eigenvalue weighted by atomic mass is 16.5. The third-order valence-corrected chi connectivity index (χ3v) is 5.10. The minimum Gasteiger partial charge on any atom is -0.360 e. The summed E-state index contributed by atoms with van der Waals surface area (Å²) < 4.78 is 6.27. The molecular formula is C19H28N2O2. The predicted octanol–water partition coefficient (Wildman–Crippen LogP) is 2.90. The average Bonchev–Trinajstić information content (AvgIpc) is 3.13. The SMILES string of the molecule is CNC1CCCN(C(=O)C(OC2CCCC2)c2ccccc2)C1. The number of rotatable bonds is 5. The molecule has 3 rings (SSSR count). The molecule has 0 radical (unpaired) electrons. The molecule has 1 amide bonds. The van der Waals surface area contributed by atoms with Gasteiger partial charge in [-0.15, -0.1) is 0 Å². The summed E-state index contributed by atoms with van der Waals surface area (Å²) in [7, 11) is 1.97. The van der Waals surface area contributed by atoms with Gasteiger partial charge in [-0.05, 0) is 38.3 Å². The van der Waals surface area contributed by atoms with E-state index in [1.54, 1.807) is 0 Å². The lowest BCUT2D eigenvalue weighted by atomic mass is 10.0. The highest BCUT2D eigenvalue weighted by Gasteiger charge is 2.32. The Morgan fingerprint density at radius 3 is 2.61 bits per heavy atom. The van der Waals surface area contributed by atoms with Gasteiger partial charge in [0.05, 0.1) is 6.10 Å². The number of piperidine rings is 1. The summed E-state index contributed by atoms with van der Waals surface area (Å²) in [6, 6.07) is 10.4. The third-order valence-electron chi connectivity index (χ3n) is 5.10. The van der Waals surface area contributed by atoms with Crippen molar-refractivity contribution in [1.82, 2.24) is 10.2 Å². The monoisotopic (exact) mass is 316 g/mol. The standard InChI is InChI=1S/C19H28N2O2/c1-20-16-10-7-13-21(14-16)19(22)18(15-8-3-2-4-9-15)23-17-11-5-6-12-17/h2-4,8-9,16-18,20H,5-7,10-14H2,1H3. The van der Waals surface area contributed by atoms with Crippen LogP contribution >= 0.6 is 0 Å². The van der Waals surface area contributed by atoms with Gasteiger partial charge in [0.25, 0.3) is 5.91 Å². The summed E-state index contributed by atoms with van der Waals surface area (Å²) in [5.74, 6) is 0.128. The Bertz CT molecular complexity index is 499. The Kier molecular flexibility index (Phi) is 5.68. The molecule has 0 bridgehead atoms. The molecule has 1 N–H and O–H groups in total. The van der Waals surface area contributed by atoms with Crippen LogP contribution in [0.1, 0.15) is 50.2 Å². The first kappa shape index (κ1) is 16.5. The van der Waals surface area contributed by atoms with Crippen LogP contribution in [-0.4, -0.2) is 43.1 Å². The van der Waals surface area contributed by atoms with Crippen molar-refractivity contribution >= 4 is 5.91 Å². The van der Waals surface area contributed by atoms with Gasteiger partial charge in [-0.3, -0.25) is 4.79 Å². The number of carbonyl (C=O) groups excluding carboxylic acids is 1. The maximum Gasteiger partial charge on any atom is 0.256 e. The molecule has 126 valence electrons. The number of nitrogens with one attached hydrogen (secondary N) is 1. The number of hydrogen-bond donors (Lipinski definition) is 1. The molecule has 2 unspecified atom stereocenters. The van der Waals surface area contributed by atoms with E-state index in [0.717, 1.165) is 44.3 Å².